The summed E-state index contributed by atoms with van der Waals surface area (Å²) in [5.74, 6) is 0.220. The third kappa shape index (κ3) is 2.88. The molecule has 1 atom stereocenters. The molecule has 0 bridgehead atoms. The standard InChI is InChI=1S/C18H15FN4O2/c1-11-2-3-14(19)9-15(11)23-10-13(8-16(23)24)18-21-17(22-25-18)12-4-6-20-7-5-12/h2-7,9,13H,8,10H2,1H3. The van der Waals surface area contributed by atoms with Gasteiger partial charge in [-0.25, -0.2) is 4.39 Å². The highest BCUT2D eigenvalue weighted by molar-refractivity contribution is 5.97. The molecule has 0 spiro atoms. The highest BCUT2D eigenvalue weighted by Gasteiger charge is 2.35. The molecule has 0 radical (unpaired) electrons. The molecule has 1 aliphatic rings. The largest absolute Gasteiger partial charge is 0.339 e. The van der Waals surface area contributed by atoms with E-state index in [9.17, 15) is 9.18 Å². The van der Waals surface area contributed by atoms with E-state index in [1.54, 1.807) is 35.5 Å². The fourth-order valence-corrected chi connectivity index (χ4v) is 3.00. The van der Waals surface area contributed by atoms with Crippen molar-refractivity contribution in [2.75, 3.05) is 11.4 Å². The van der Waals surface area contributed by atoms with Crippen molar-refractivity contribution < 1.29 is 13.7 Å². The third-order valence-electron chi connectivity index (χ3n) is 4.32. The van der Waals surface area contributed by atoms with Crippen molar-refractivity contribution in [1.82, 2.24) is 15.1 Å². The van der Waals surface area contributed by atoms with Crippen molar-refractivity contribution in [2.45, 2.75) is 19.3 Å². The second-order valence-electron chi connectivity index (χ2n) is 6.03. The van der Waals surface area contributed by atoms with Crippen LogP contribution in [-0.4, -0.2) is 27.6 Å². The maximum Gasteiger partial charge on any atom is 0.232 e. The molecular formula is C18H15FN4O2. The summed E-state index contributed by atoms with van der Waals surface area (Å²) in [5, 5.41) is 3.98. The Morgan fingerprint density at radius 2 is 2.04 bits per heavy atom. The summed E-state index contributed by atoms with van der Waals surface area (Å²) >= 11 is 0. The maximum atomic E-state index is 13.6. The van der Waals surface area contributed by atoms with E-state index in [4.69, 9.17) is 4.52 Å². The van der Waals surface area contributed by atoms with Gasteiger partial charge in [-0.05, 0) is 36.8 Å². The summed E-state index contributed by atoms with van der Waals surface area (Å²) in [6.45, 7) is 2.24. The smallest absolute Gasteiger partial charge is 0.232 e. The van der Waals surface area contributed by atoms with Crippen LogP contribution in [0.15, 0.2) is 47.2 Å². The summed E-state index contributed by atoms with van der Waals surface area (Å²) in [6, 6.07) is 8.01. The lowest BCUT2D eigenvalue weighted by Gasteiger charge is -2.18. The van der Waals surface area contributed by atoms with Gasteiger partial charge in [-0.15, -0.1) is 0 Å². The van der Waals surface area contributed by atoms with E-state index >= 15 is 0 Å². The monoisotopic (exact) mass is 338 g/mol. The Labute approximate surface area is 143 Å². The third-order valence-corrected chi connectivity index (χ3v) is 4.32. The maximum absolute atomic E-state index is 13.6. The number of anilines is 1. The number of nitrogens with zero attached hydrogens (tertiary/aromatic N) is 4. The fourth-order valence-electron chi connectivity index (χ4n) is 3.00. The van der Waals surface area contributed by atoms with E-state index in [1.165, 1.54) is 12.1 Å². The molecule has 1 amide bonds. The minimum Gasteiger partial charge on any atom is -0.339 e. The summed E-state index contributed by atoms with van der Waals surface area (Å²) in [4.78, 5) is 22.3. The molecule has 1 saturated heterocycles. The van der Waals surface area contributed by atoms with Crippen LogP contribution >= 0.6 is 0 Å². The first-order valence-electron chi connectivity index (χ1n) is 7.92. The van der Waals surface area contributed by atoms with Crippen LogP contribution in [0.3, 0.4) is 0 Å². The molecule has 1 aromatic carbocycles. The number of hydrogen-bond acceptors (Lipinski definition) is 5. The lowest BCUT2D eigenvalue weighted by molar-refractivity contribution is -0.117. The highest BCUT2D eigenvalue weighted by Crippen LogP contribution is 2.33. The molecule has 1 fully saturated rings. The van der Waals surface area contributed by atoms with Crippen LogP contribution in [0.5, 0.6) is 0 Å². The van der Waals surface area contributed by atoms with Crippen LogP contribution < -0.4 is 4.90 Å². The van der Waals surface area contributed by atoms with Crippen LogP contribution in [0, 0.1) is 12.7 Å². The zero-order valence-electron chi connectivity index (χ0n) is 13.5. The summed E-state index contributed by atoms with van der Waals surface area (Å²) in [7, 11) is 0. The minimum atomic E-state index is -0.366. The van der Waals surface area contributed by atoms with Crippen LogP contribution in [0.2, 0.25) is 0 Å². The first-order valence-corrected chi connectivity index (χ1v) is 7.92. The fraction of sp³-hybridized carbons (Fsp3) is 0.222. The van der Waals surface area contributed by atoms with Crippen molar-refractivity contribution in [3.63, 3.8) is 0 Å². The normalized spacial score (nSPS) is 17.3. The van der Waals surface area contributed by atoms with Gasteiger partial charge < -0.3 is 9.42 Å². The van der Waals surface area contributed by atoms with Crippen molar-refractivity contribution in [1.29, 1.82) is 0 Å². The Hall–Kier alpha value is -3.09. The van der Waals surface area contributed by atoms with E-state index in [2.05, 4.69) is 15.1 Å². The van der Waals surface area contributed by atoms with E-state index in [0.29, 0.717) is 23.9 Å². The van der Waals surface area contributed by atoms with Crippen molar-refractivity contribution >= 4 is 11.6 Å². The molecule has 6 nitrogen and oxygen atoms in total. The van der Waals surface area contributed by atoms with Gasteiger partial charge in [-0.2, -0.15) is 4.98 Å². The van der Waals surface area contributed by atoms with E-state index in [1.807, 2.05) is 6.92 Å². The van der Waals surface area contributed by atoms with Gasteiger partial charge in [0.15, 0.2) is 0 Å². The molecule has 1 unspecified atom stereocenters. The van der Waals surface area contributed by atoms with Gasteiger partial charge in [0, 0.05) is 36.6 Å². The number of carbonyl (C=O) groups excluding carboxylic acids is 1. The van der Waals surface area contributed by atoms with E-state index in [0.717, 1.165) is 11.1 Å². The van der Waals surface area contributed by atoms with E-state index in [-0.39, 0.29) is 24.1 Å². The highest BCUT2D eigenvalue weighted by atomic mass is 19.1. The molecule has 1 aliphatic heterocycles. The Balaban J connectivity index is 1.59. The zero-order chi connectivity index (χ0) is 17.4. The van der Waals surface area contributed by atoms with Gasteiger partial charge in [-0.3, -0.25) is 9.78 Å². The number of rotatable bonds is 3. The molecule has 25 heavy (non-hydrogen) atoms. The predicted octanol–water partition coefficient (Wildman–Crippen LogP) is 3.10. The lowest BCUT2D eigenvalue weighted by Crippen LogP contribution is -2.25. The van der Waals surface area contributed by atoms with Crippen LogP contribution in [0.4, 0.5) is 10.1 Å². The van der Waals surface area contributed by atoms with Crippen molar-refractivity contribution in [3.05, 3.63) is 60.0 Å². The number of benzene rings is 1. The number of aromatic nitrogens is 3. The Kier molecular flexibility index (Phi) is 3.76. The molecular weight excluding hydrogens is 323 g/mol. The molecule has 3 aromatic rings. The number of carbonyl (C=O) groups is 1. The van der Waals surface area contributed by atoms with Gasteiger partial charge in [-0.1, -0.05) is 11.2 Å². The van der Waals surface area contributed by atoms with Crippen LogP contribution in [0.25, 0.3) is 11.4 Å². The van der Waals surface area contributed by atoms with Gasteiger partial charge in [0.05, 0.1) is 5.92 Å². The average molecular weight is 338 g/mol. The number of hydrogen-bond donors (Lipinski definition) is 0. The minimum absolute atomic E-state index is 0.0811. The number of halogens is 1. The molecule has 0 N–H and O–H groups in total. The average Bonchev–Trinajstić information content (AvgIpc) is 3.25. The zero-order valence-corrected chi connectivity index (χ0v) is 13.5. The first-order chi connectivity index (χ1) is 12.1. The summed E-state index contributed by atoms with van der Waals surface area (Å²) in [5.41, 5.74) is 2.23. The second-order valence-corrected chi connectivity index (χ2v) is 6.03. The van der Waals surface area contributed by atoms with Gasteiger partial charge in [0.1, 0.15) is 5.82 Å². The molecule has 0 aliphatic carbocycles. The Bertz CT molecular complexity index is 926. The molecule has 4 rings (SSSR count). The number of aryl methyl sites for hydroxylation is 1. The summed E-state index contributed by atoms with van der Waals surface area (Å²) in [6.07, 6.45) is 3.56. The van der Waals surface area contributed by atoms with Crippen molar-refractivity contribution in [2.24, 2.45) is 0 Å². The first kappa shape index (κ1) is 15.4. The number of amides is 1. The van der Waals surface area contributed by atoms with Crippen LogP contribution in [-0.2, 0) is 4.79 Å². The quantitative estimate of drug-likeness (QED) is 0.734. The molecule has 3 heterocycles. The van der Waals surface area contributed by atoms with Gasteiger partial charge in [0.25, 0.3) is 0 Å². The van der Waals surface area contributed by atoms with Crippen molar-refractivity contribution in [3.8, 4) is 11.4 Å². The Morgan fingerprint density at radius 1 is 1.24 bits per heavy atom. The lowest BCUT2D eigenvalue weighted by atomic mass is 10.1. The number of pyridine rings is 1. The second kappa shape index (κ2) is 6.08. The molecule has 2 aromatic heterocycles. The Morgan fingerprint density at radius 3 is 2.84 bits per heavy atom. The molecule has 126 valence electrons. The van der Waals surface area contributed by atoms with E-state index < -0.39 is 0 Å². The summed E-state index contributed by atoms with van der Waals surface area (Å²) < 4.78 is 18.9. The van der Waals surface area contributed by atoms with Crippen LogP contribution in [0.1, 0.15) is 23.8 Å². The predicted molar refractivity (Wildman–Crippen MR) is 88.4 cm³/mol. The van der Waals surface area contributed by atoms with Gasteiger partial charge >= 0.3 is 0 Å². The van der Waals surface area contributed by atoms with Gasteiger partial charge in [0.2, 0.25) is 17.6 Å². The molecule has 0 saturated carbocycles. The molecule has 7 heteroatoms. The SMILES string of the molecule is Cc1ccc(F)cc1N1CC(c2nc(-c3ccncc3)no2)CC1=O. The topological polar surface area (TPSA) is 72.1 Å².